The van der Waals surface area contributed by atoms with Crippen LogP contribution in [-0.2, 0) is 29.5 Å². The molecule has 0 bridgehead atoms. The molecule has 7 nitrogen and oxygen atoms in total. The Balaban J connectivity index is 1.80. The van der Waals surface area contributed by atoms with Crippen molar-refractivity contribution in [3.05, 3.63) is 23.2 Å². The van der Waals surface area contributed by atoms with Crippen molar-refractivity contribution in [3.63, 3.8) is 0 Å². The molecular weight excluding hydrogens is 278 g/mol. The van der Waals surface area contributed by atoms with Crippen LogP contribution in [0.4, 0.5) is 5.13 Å². The summed E-state index contributed by atoms with van der Waals surface area (Å²) in [4.78, 5) is 15.7. The quantitative estimate of drug-likeness (QED) is 0.777. The molecule has 0 saturated carbocycles. The van der Waals surface area contributed by atoms with Crippen LogP contribution in [0.3, 0.4) is 0 Å². The summed E-state index contributed by atoms with van der Waals surface area (Å²) < 4.78 is 6.73. The number of nitrogens with one attached hydrogen (secondary N) is 1. The smallest absolute Gasteiger partial charge is 0.306 e. The lowest BCUT2D eigenvalue weighted by atomic mass is 10.2. The van der Waals surface area contributed by atoms with Crippen LogP contribution in [0.2, 0.25) is 0 Å². The van der Waals surface area contributed by atoms with Gasteiger partial charge in [0.1, 0.15) is 6.33 Å². The highest BCUT2D eigenvalue weighted by atomic mass is 32.1. The number of anilines is 1. The highest BCUT2D eigenvalue weighted by Gasteiger charge is 2.07. The molecule has 2 rings (SSSR count). The van der Waals surface area contributed by atoms with E-state index in [1.165, 1.54) is 11.3 Å². The number of ether oxygens (including phenoxy) is 1. The number of esters is 1. The van der Waals surface area contributed by atoms with E-state index < -0.39 is 0 Å². The van der Waals surface area contributed by atoms with Gasteiger partial charge in [-0.05, 0) is 6.92 Å². The highest BCUT2D eigenvalue weighted by Crippen LogP contribution is 2.17. The lowest BCUT2D eigenvalue weighted by Gasteiger charge is -2.01. The Hall–Kier alpha value is -1.96. The van der Waals surface area contributed by atoms with Crippen LogP contribution in [0.25, 0.3) is 0 Å². The van der Waals surface area contributed by atoms with Crippen molar-refractivity contribution >= 4 is 22.4 Å². The van der Waals surface area contributed by atoms with Crippen LogP contribution in [0, 0.1) is 0 Å². The molecule has 0 aromatic carbocycles. The number of rotatable bonds is 7. The molecule has 0 amide bonds. The predicted octanol–water partition coefficient (Wildman–Crippen LogP) is 1.38. The number of carbonyl (C=O) groups excluding carboxylic acids is 1. The largest absolute Gasteiger partial charge is 0.466 e. The average molecular weight is 295 g/mol. The third-order valence-corrected chi connectivity index (χ3v) is 3.49. The van der Waals surface area contributed by atoms with Gasteiger partial charge in [0, 0.05) is 18.8 Å². The van der Waals surface area contributed by atoms with Gasteiger partial charge in [-0.2, -0.15) is 0 Å². The summed E-state index contributed by atoms with van der Waals surface area (Å²) in [5.41, 5.74) is 0.892. The molecule has 2 heterocycles. The van der Waals surface area contributed by atoms with Gasteiger partial charge in [0.15, 0.2) is 11.0 Å². The summed E-state index contributed by atoms with van der Waals surface area (Å²) in [5, 5.41) is 13.7. The minimum absolute atomic E-state index is 0.186. The number of hydrogen-bond acceptors (Lipinski definition) is 7. The molecule has 0 aliphatic heterocycles. The number of hydrogen-bond donors (Lipinski definition) is 1. The molecule has 0 spiro atoms. The number of carbonyl (C=O) groups is 1. The second-order valence-corrected chi connectivity index (χ2v) is 5.02. The first-order valence-electron chi connectivity index (χ1n) is 6.35. The monoisotopic (exact) mass is 295 g/mol. The molecule has 108 valence electrons. The minimum Gasteiger partial charge on any atom is -0.466 e. The van der Waals surface area contributed by atoms with Crippen LogP contribution in [0.5, 0.6) is 0 Å². The van der Waals surface area contributed by atoms with E-state index in [0.29, 0.717) is 26.0 Å². The van der Waals surface area contributed by atoms with Crippen LogP contribution < -0.4 is 5.32 Å². The molecule has 2 aromatic heterocycles. The zero-order valence-electron chi connectivity index (χ0n) is 11.5. The van der Waals surface area contributed by atoms with E-state index in [1.54, 1.807) is 13.3 Å². The molecular formula is C12H17N5O2S. The van der Waals surface area contributed by atoms with Crippen molar-refractivity contribution in [2.24, 2.45) is 7.05 Å². The first-order valence-corrected chi connectivity index (χ1v) is 7.23. The molecule has 0 atom stereocenters. The molecule has 0 saturated heterocycles. The Morgan fingerprint density at radius 3 is 3.10 bits per heavy atom. The van der Waals surface area contributed by atoms with Crippen LogP contribution in [0.1, 0.15) is 24.9 Å². The SMILES string of the molecule is CCOC(=O)CCc1csc(NCc2nncn2C)n1. The third-order valence-electron chi connectivity index (χ3n) is 2.65. The zero-order chi connectivity index (χ0) is 14.4. The maximum absolute atomic E-state index is 11.3. The summed E-state index contributed by atoms with van der Waals surface area (Å²) in [6.07, 6.45) is 2.62. The van der Waals surface area contributed by atoms with Crippen LogP contribution in [-0.4, -0.2) is 32.3 Å². The molecule has 0 radical (unpaired) electrons. The fraction of sp³-hybridized carbons (Fsp3) is 0.500. The van der Waals surface area contributed by atoms with Gasteiger partial charge in [-0.3, -0.25) is 4.79 Å². The zero-order valence-corrected chi connectivity index (χ0v) is 12.3. The summed E-state index contributed by atoms with van der Waals surface area (Å²) in [6.45, 7) is 2.79. The number of aryl methyl sites for hydroxylation is 2. The first kappa shape index (κ1) is 14.4. The molecule has 1 N–H and O–H groups in total. The molecule has 0 aliphatic rings. The molecule has 0 unspecified atom stereocenters. The van der Waals surface area contributed by atoms with E-state index in [2.05, 4.69) is 20.5 Å². The van der Waals surface area contributed by atoms with Crippen molar-refractivity contribution in [1.29, 1.82) is 0 Å². The van der Waals surface area contributed by atoms with Gasteiger partial charge in [-0.15, -0.1) is 21.5 Å². The Kier molecular flexibility index (Phi) is 5.05. The van der Waals surface area contributed by atoms with Gasteiger partial charge >= 0.3 is 5.97 Å². The van der Waals surface area contributed by atoms with E-state index in [1.807, 2.05) is 17.0 Å². The number of aromatic nitrogens is 4. The average Bonchev–Trinajstić information content (AvgIpc) is 3.03. The van der Waals surface area contributed by atoms with E-state index in [4.69, 9.17) is 4.74 Å². The van der Waals surface area contributed by atoms with Gasteiger partial charge < -0.3 is 14.6 Å². The molecule has 0 fully saturated rings. The molecule has 20 heavy (non-hydrogen) atoms. The Bertz CT molecular complexity index is 566. The van der Waals surface area contributed by atoms with Crippen molar-refractivity contribution in [1.82, 2.24) is 19.7 Å². The summed E-state index contributed by atoms with van der Waals surface area (Å²) in [7, 11) is 1.89. The maximum Gasteiger partial charge on any atom is 0.306 e. The van der Waals surface area contributed by atoms with Gasteiger partial charge in [0.2, 0.25) is 0 Å². The third kappa shape index (κ3) is 4.02. The van der Waals surface area contributed by atoms with Gasteiger partial charge in [-0.25, -0.2) is 4.98 Å². The van der Waals surface area contributed by atoms with E-state index in [9.17, 15) is 4.79 Å². The summed E-state index contributed by atoms with van der Waals surface area (Å²) in [6, 6.07) is 0. The van der Waals surface area contributed by atoms with E-state index in [-0.39, 0.29) is 5.97 Å². The number of thiazole rings is 1. The second-order valence-electron chi connectivity index (χ2n) is 4.16. The molecule has 8 heteroatoms. The highest BCUT2D eigenvalue weighted by molar-refractivity contribution is 7.13. The molecule has 2 aromatic rings. The lowest BCUT2D eigenvalue weighted by Crippen LogP contribution is -2.06. The van der Waals surface area contributed by atoms with Crippen molar-refractivity contribution < 1.29 is 9.53 Å². The van der Waals surface area contributed by atoms with Gasteiger partial charge in [0.05, 0.1) is 25.3 Å². The fourth-order valence-electron chi connectivity index (χ4n) is 1.59. The van der Waals surface area contributed by atoms with Gasteiger partial charge in [-0.1, -0.05) is 0 Å². The van der Waals surface area contributed by atoms with E-state index in [0.717, 1.165) is 16.6 Å². The topological polar surface area (TPSA) is 81.9 Å². The van der Waals surface area contributed by atoms with Crippen molar-refractivity contribution in [2.75, 3.05) is 11.9 Å². The first-order chi connectivity index (χ1) is 9.69. The predicted molar refractivity (Wildman–Crippen MR) is 75.4 cm³/mol. The van der Waals surface area contributed by atoms with Crippen LogP contribution >= 0.6 is 11.3 Å². The molecule has 0 aliphatic carbocycles. The summed E-state index contributed by atoms with van der Waals surface area (Å²) >= 11 is 1.51. The lowest BCUT2D eigenvalue weighted by molar-refractivity contribution is -0.143. The Morgan fingerprint density at radius 1 is 1.55 bits per heavy atom. The summed E-state index contributed by atoms with van der Waals surface area (Å²) in [5.74, 6) is 0.655. The van der Waals surface area contributed by atoms with Crippen molar-refractivity contribution in [3.8, 4) is 0 Å². The minimum atomic E-state index is -0.186. The fourth-order valence-corrected chi connectivity index (χ4v) is 2.33. The van der Waals surface area contributed by atoms with E-state index >= 15 is 0 Å². The Labute approximate surface area is 121 Å². The van der Waals surface area contributed by atoms with Crippen LogP contribution in [0.15, 0.2) is 11.7 Å². The van der Waals surface area contributed by atoms with Crippen molar-refractivity contribution in [2.45, 2.75) is 26.3 Å². The maximum atomic E-state index is 11.3. The standard InChI is InChI=1S/C12H17N5O2S/c1-3-19-11(18)5-4-9-7-20-12(15-9)13-6-10-16-14-8-17(10)2/h7-8H,3-6H2,1-2H3,(H,13,15). The van der Waals surface area contributed by atoms with Gasteiger partial charge in [0.25, 0.3) is 0 Å². The normalized spacial score (nSPS) is 10.5. The second kappa shape index (κ2) is 6.99. The Morgan fingerprint density at radius 2 is 2.40 bits per heavy atom. The number of nitrogens with zero attached hydrogens (tertiary/aromatic N) is 4.